The summed E-state index contributed by atoms with van der Waals surface area (Å²) < 4.78 is 0. The Hall–Kier alpha value is -2.38. The third-order valence-electron chi connectivity index (χ3n) is 6.31. The summed E-state index contributed by atoms with van der Waals surface area (Å²) in [5, 5.41) is 0. The van der Waals surface area contributed by atoms with E-state index in [1.165, 1.54) is 36.0 Å². The first kappa shape index (κ1) is 19.0. The van der Waals surface area contributed by atoms with Gasteiger partial charge in [-0.3, -0.25) is 0 Å². The third-order valence-corrected chi connectivity index (χ3v) is 6.31. The summed E-state index contributed by atoms with van der Waals surface area (Å²) in [4.78, 5) is 0. The van der Waals surface area contributed by atoms with Gasteiger partial charge in [0.15, 0.2) is 0 Å². The molecule has 144 valence electrons. The standard InChI is InChI=1S/C27H31N/c28-18-8-7-9-22-14-15-25-16-17-27(26(25)19-22,20-23-10-3-1-4-11-23)21-24-12-5-2-6-13-24/h1-6,10-15,19H,7-9,16-18,20-21,28H2. The van der Waals surface area contributed by atoms with E-state index in [9.17, 15) is 0 Å². The fourth-order valence-corrected chi connectivity index (χ4v) is 4.88. The molecule has 1 aliphatic rings. The average Bonchev–Trinajstić information content (AvgIpc) is 3.07. The summed E-state index contributed by atoms with van der Waals surface area (Å²) in [5.74, 6) is 0. The molecule has 0 spiro atoms. The first-order valence-electron chi connectivity index (χ1n) is 10.7. The molecule has 1 aliphatic carbocycles. The number of hydrogen-bond acceptors (Lipinski definition) is 1. The molecule has 0 aromatic heterocycles. The zero-order valence-corrected chi connectivity index (χ0v) is 16.7. The zero-order valence-electron chi connectivity index (χ0n) is 16.7. The Bertz CT molecular complexity index is 841. The van der Waals surface area contributed by atoms with Crippen LogP contribution in [0.1, 0.15) is 47.1 Å². The lowest BCUT2D eigenvalue weighted by atomic mass is 9.72. The highest BCUT2D eigenvalue weighted by Crippen LogP contribution is 2.44. The maximum atomic E-state index is 5.70. The van der Waals surface area contributed by atoms with E-state index in [-0.39, 0.29) is 5.41 Å². The predicted molar refractivity (Wildman–Crippen MR) is 119 cm³/mol. The minimum atomic E-state index is 0.196. The van der Waals surface area contributed by atoms with Crippen LogP contribution in [0.5, 0.6) is 0 Å². The fourth-order valence-electron chi connectivity index (χ4n) is 4.88. The number of unbranched alkanes of at least 4 members (excludes halogenated alkanes) is 1. The predicted octanol–water partition coefficient (Wildman–Crippen LogP) is 5.64. The van der Waals surface area contributed by atoms with Gasteiger partial charge in [-0.1, -0.05) is 78.9 Å². The molecule has 0 fully saturated rings. The van der Waals surface area contributed by atoms with Crippen LogP contribution in [0, 0.1) is 0 Å². The van der Waals surface area contributed by atoms with E-state index < -0.39 is 0 Å². The van der Waals surface area contributed by atoms with Crippen LogP contribution in [-0.4, -0.2) is 6.54 Å². The Morgan fingerprint density at radius 3 is 1.96 bits per heavy atom. The SMILES string of the molecule is NCCCCc1ccc2c(c1)C(Cc1ccccc1)(Cc1ccccc1)CC2. The molecule has 0 atom stereocenters. The van der Waals surface area contributed by atoms with Gasteiger partial charge in [0.2, 0.25) is 0 Å². The van der Waals surface area contributed by atoms with Gasteiger partial charge < -0.3 is 5.73 Å². The number of aryl methyl sites for hydroxylation is 2. The molecule has 0 bridgehead atoms. The Labute approximate surface area is 169 Å². The van der Waals surface area contributed by atoms with Crippen molar-refractivity contribution in [3.8, 4) is 0 Å². The van der Waals surface area contributed by atoms with E-state index in [1.54, 1.807) is 11.1 Å². The zero-order chi connectivity index (χ0) is 19.2. The second-order valence-electron chi connectivity index (χ2n) is 8.34. The van der Waals surface area contributed by atoms with E-state index in [0.29, 0.717) is 0 Å². The summed E-state index contributed by atoms with van der Waals surface area (Å²) in [5.41, 5.74) is 13.4. The molecular formula is C27H31N. The van der Waals surface area contributed by atoms with E-state index >= 15 is 0 Å². The van der Waals surface area contributed by atoms with Crippen molar-refractivity contribution in [3.05, 3.63) is 107 Å². The van der Waals surface area contributed by atoms with Crippen molar-refractivity contribution >= 4 is 0 Å². The summed E-state index contributed by atoms with van der Waals surface area (Å²) in [6, 6.07) is 29.3. The molecule has 3 aromatic carbocycles. The molecule has 0 saturated carbocycles. The molecule has 0 unspecified atom stereocenters. The maximum Gasteiger partial charge on any atom is 0.00396 e. The number of benzene rings is 3. The Balaban J connectivity index is 1.69. The van der Waals surface area contributed by atoms with Gasteiger partial charge in [-0.05, 0) is 79.3 Å². The minimum Gasteiger partial charge on any atom is -0.330 e. The summed E-state index contributed by atoms with van der Waals surface area (Å²) in [6.45, 7) is 0.789. The second-order valence-corrected chi connectivity index (χ2v) is 8.34. The summed E-state index contributed by atoms with van der Waals surface area (Å²) in [7, 11) is 0. The van der Waals surface area contributed by atoms with Gasteiger partial charge >= 0.3 is 0 Å². The lowest BCUT2D eigenvalue weighted by Crippen LogP contribution is -2.29. The molecule has 0 aliphatic heterocycles. The van der Waals surface area contributed by atoms with Gasteiger partial charge in [0.05, 0.1) is 0 Å². The number of rotatable bonds is 8. The number of hydrogen-bond donors (Lipinski definition) is 1. The fraction of sp³-hybridized carbons (Fsp3) is 0.333. The molecule has 0 amide bonds. The van der Waals surface area contributed by atoms with Crippen LogP contribution < -0.4 is 5.73 Å². The van der Waals surface area contributed by atoms with Crippen LogP contribution in [0.25, 0.3) is 0 Å². The Morgan fingerprint density at radius 1 is 0.714 bits per heavy atom. The van der Waals surface area contributed by atoms with E-state index in [0.717, 1.165) is 32.2 Å². The largest absolute Gasteiger partial charge is 0.330 e. The molecule has 1 nitrogen and oxygen atoms in total. The van der Waals surface area contributed by atoms with Crippen molar-refractivity contribution < 1.29 is 0 Å². The highest BCUT2D eigenvalue weighted by atomic mass is 14.5. The molecule has 0 saturated heterocycles. The molecule has 28 heavy (non-hydrogen) atoms. The van der Waals surface area contributed by atoms with Crippen molar-refractivity contribution in [2.45, 2.75) is 50.4 Å². The first-order chi connectivity index (χ1) is 13.8. The average molecular weight is 370 g/mol. The highest BCUT2D eigenvalue weighted by molar-refractivity contribution is 5.45. The quantitative estimate of drug-likeness (QED) is 0.511. The van der Waals surface area contributed by atoms with Gasteiger partial charge in [-0.15, -0.1) is 0 Å². The number of nitrogens with two attached hydrogens (primary N) is 1. The van der Waals surface area contributed by atoms with Crippen LogP contribution in [0.4, 0.5) is 0 Å². The minimum absolute atomic E-state index is 0.196. The molecule has 3 aromatic rings. The lowest BCUT2D eigenvalue weighted by molar-refractivity contribution is 0.417. The van der Waals surface area contributed by atoms with Crippen LogP contribution in [0.3, 0.4) is 0 Å². The topological polar surface area (TPSA) is 26.0 Å². The monoisotopic (exact) mass is 369 g/mol. The molecule has 2 N–H and O–H groups in total. The van der Waals surface area contributed by atoms with Crippen LogP contribution in [-0.2, 0) is 31.1 Å². The van der Waals surface area contributed by atoms with Crippen LogP contribution in [0.2, 0.25) is 0 Å². The van der Waals surface area contributed by atoms with Gasteiger partial charge in [-0.2, -0.15) is 0 Å². The number of fused-ring (bicyclic) bond motifs is 1. The normalized spacial score (nSPS) is 14.8. The van der Waals surface area contributed by atoms with Crippen molar-refractivity contribution in [3.63, 3.8) is 0 Å². The van der Waals surface area contributed by atoms with Crippen molar-refractivity contribution in [1.82, 2.24) is 0 Å². The van der Waals surface area contributed by atoms with E-state index in [4.69, 9.17) is 5.73 Å². The van der Waals surface area contributed by atoms with Gasteiger partial charge in [0, 0.05) is 5.41 Å². The second kappa shape index (κ2) is 8.75. The van der Waals surface area contributed by atoms with Crippen molar-refractivity contribution in [2.24, 2.45) is 5.73 Å². The molecule has 4 rings (SSSR count). The van der Waals surface area contributed by atoms with Crippen molar-refractivity contribution in [1.29, 1.82) is 0 Å². The highest BCUT2D eigenvalue weighted by Gasteiger charge is 2.38. The smallest absolute Gasteiger partial charge is 0.00396 e. The molecule has 1 heteroatoms. The third kappa shape index (κ3) is 4.20. The molecular weight excluding hydrogens is 338 g/mol. The van der Waals surface area contributed by atoms with Crippen LogP contribution in [0.15, 0.2) is 78.9 Å². The van der Waals surface area contributed by atoms with E-state index in [2.05, 4.69) is 78.9 Å². The van der Waals surface area contributed by atoms with Gasteiger partial charge in [-0.25, -0.2) is 0 Å². The molecule has 0 heterocycles. The Morgan fingerprint density at radius 2 is 1.36 bits per heavy atom. The van der Waals surface area contributed by atoms with Crippen molar-refractivity contribution in [2.75, 3.05) is 6.54 Å². The van der Waals surface area contributed by atoms with E-state index in [1.807, 2.05) is 0 Å². The summed E-state index contributed by atoms with van der Waals surface area (Å²) in [6.07, 6.45) is 8.08. The van der Waals surface area contributed by atoms with Gasteiger partial charge in [0.1, 0.15) is 0 Å². The Kier molecular flexibility index (Phi) is 5.92. The first-order valence-corrected chi connectivity index (χ1v) is 10.7. The van der Waals surface area contributed by atoms with Crippen LogP contribution >= 0.6 is 0 Å². The van der Waals surface area contributed by atoms with Gasteiger partial charge in [0.25, 0.3) is 0 Å². The summed E-state index contributed by atoms with van der Waals surface area (Å²) >= 11 is 0. The molecule has 0 radical (unpaired) electrons. The lowest BCUT2D eigenvalue weighted by Gasteiger charge is -2.32. The maximum absolute atomic E-state index is 5.70.